The van der Waals surface area contributed by atoms with Crippen molar-refractivity contribution in [2.24, 2.45) is 0 Å². The summed E-state index contributed by atoms with van der Waals surface area (Å²) in [6, 6.07) is 14.3. The summed E-state index contributed by atoms with van der Waals surface area (Å²) >= 11 is 1.52. The lowest BCUT2D eigenvalue weighted by Crippen LogP contribution is -2.39. The first-order chi connectivity index (χ1) is 12.8. The van der Waals surface area contributed by atoms with E-state index in [1.165, 1.54) is 23.9 Å². The van der Waals surface area contributed by atoms with Gasteiger partial charge in [-0.25, -0.2) is 9.18 Å². The Labute approximate surface area is 158 Å². The number of benzene rings is 2. The molecule has 0 radical (unpaired) electrons. The number of carbonyl (C=O) groups is 1. The van der Waals surface area contributed by atoms with E-state index in [1.807, 2.05) is 30.3 Å². The highest BCUT2D eigenvalue weighted by atomic mass is 32.2. The van der Waals surface area contributed by atoms with E-state index in [9.17, 15) is 22.4 Å². The number of halogens is 4. The second-order valence-electron chi connectivity index (χ2n) is 6.18. The largest absolute Gasteiger partial charge is 0.492 e. The molecule has 0 aliphatic carbocycles. The number of alkyl halides is 3. The van der Waals surface area contributed by atoms with Crippen LogP contribution in [0, 0.1) is 5.82 Å². The first kappa shape index (κ1) is 19.7. The number of hydrogen-bond donors (Lipinski definition) is 0. The molecule has 0 atom stereocenters. The summed E-state index contributed by atoms with van der Waals surface area (Å²) in [7, 11) is 0. The van der Waals surface area contributed by atoms with Gasteiger partial charge < -0.3 is 4.84 Å². The van der Waals surface area contributed by atoms with E-state index in [2.05, 4.69) is 4.84 Å². The Kier molecular flexibility index (Phi) is 6.06. The number of hydrogen-bond acceptors (Lipinski definition) is 4. The summed E-state index contributed by atoms with van der Waals surface area (Å²) in [6.45, 7) is 0.330. The molecular weight excluding hydrogens is 382 g/mol. The molecule has 1 aliphatic heterocycles. The van der Waals surface area contributed by atoms with E-state index in [-0.39, 0.29) is 24.8 Å². The molecule has 27 heavy (non-hydrogen) atoms. The lowest BCUT2D eigenvalue weighted by Gasteiger charge is -2.31. The number of piperidine rings is 1. The molecule has 0 bridgehead atoms. The van der Waals surface area contributed by atoms with Gasteiger partial charge in [-0.2, -0.15) is 13.2 Å². The third-order valence-corrected chi connectivity index (χ3v) is 5.38. The fraction of sp³-hybridized carbons (Fsp3) is 0.316. The number of nitrogens with zero attached hydrogens (tertiary/aromatic N) is 1. The quantitative estimate of drug-likeness (QED) is 0.663. The fourth-order valence-corrected chi connectivity index (χ4v) is 4.00. The van der Waals surface area contributed by atoms with Gasteiger partial charge in [0.25, 0.3) is 0 Å². The Bertz CT molecular complexity index is 790. The molecule has 2 aromatic carbocycles. The van der Waals surface area contributed by atoms with Crippen LogP contribution < -0.4 is 0 Å². The third kappa shape index (κ3) is 5.23. The topological polar surface area (TPSA) is 29.5 Å². The van der Waals surface area contributed by atoms with Gasteiger partial charge in [-0.05, 0) is 54.7 Å². The minimum absolute atomic E-state index is 0.0206. The van der Waals surface area contributed by atoms with Gasteiger partial charge in [0, 0.05) is 22.9 Å². The molecule has 0 aromatic heterocycles. The van der Waals surface area contributed by atoms with Gasteiger partial charge >= 0.3 is 12.1 Å². The van der Waals surface area contributed by atoms with Crippen molar-refractivity contribution in [3.8, 4) is 0 Å². The van der Waals surface area contributed by atoms with E-state index in [4.69, 9.17) is 0 Å². The van der Waals surface area contributed by atoms with Crippen LogP contribution in [0.1, 0.15) is 24.3 Å². The predicted molar refractivity (Wildman–Crippen MR) is 92.7 cm³/mol. The van der Waals surface area contributed by atoms with Gasteiger partial charge in [0.05, 0.1) is 0 Å². The minimum Gasteiger partial charge on any atom is -0.361 e. The van der Waals surface area contributed by atoms with E-state index >= 15 is 0 Å². The summed E-state index contributed by atoms with van der Waals surface area (Å²) in [6.07, 6.45) is -4.08. The van der Waals surface area contributed by atoms with Crippen molar-refractivity contribution in [3.63, 3.8) is 0 Å². The first-order valence-electron chi connectivity index (χ1n) is 8.39. The van der Waals surface area contributed by atoms with Crippen molar-refractivity contribution in [2.75, 3.05) is 13.1 Å². The Balaban J connectivity index is 1.69. The zero-order valence-corrected chi connectivity index (χ0v) is 15.0. The highest BCUT2D eigenvalue weighted by Gasteiger charge is 2.43. The average Bonchev–Trinajstić information content (AvgIpc) is 2.64. The lowest BCUT2D eigenvalue weighted by molar-refractivity contribution is -0.241. The van der Waals surface area contributed by atoms with Gasteiger partial charge in [0.1, 0.15) is 5.82 Å². The van der Waals surface area contributed by atoms with Crippen LogP contribution >= 0.6 is 11.8 Å². The molecule has 1 saturated heterocycles. The van der Waals surface area contributed by atoms with Crippen molar-refractivity contribution in [2.45, 2.75) is 34.7 Å². The van der Waals surface area contributed by atoms with Crippen LogP contribution in [-0.4, -0.2) is 30.3 Å². The van der Waals surface area contributed by atoms with Crippen LogP contribution in [-0.2, 0) is 9.63 Å². The van der Waals surface area contributed by atoms with Crippen LogP contribution in [0.4, 0.5) is 17.6 Å². The predicted octanol–water partition coefficient (Wildman–Crippen LogP) is 5.18. The molecule has 3 rings (SSSR count). The Morgan fingerprint density at radius 3 is 2.37 bits per heavy atom. The first-order valence-corrected chi connectivity index (χ1v) is 9.21. The van der Waals surface area contributed by atoms with Crippen molar-refractivity contribution in [3.05, 3.63) is 59.9 Å². The van der Waals surface area contributed by atoms with Gasteiger partial charge in [-0.15, -0.1) is 5.06 Å². The summed E-state index contributed by atoms with van der Waals surface area (Å²) in [5, 5.41) is 1.02. The Morgan fingerprint density at radius 1 is 1.07 bits per heavy atom. The molecule has 1 fully saturated rings. The molecule has 3 nitrogen and oxygen atoms in total. The van der Waals surface area contributed by atoms with E-state index in [0.29, 0.717) is 12.8 Å². The van der Waals surface area contributed by atoms with Crippen molar-refractivity contribution in [1.82, 2.24) is 5.06 Å². The van der Waals surface area contributed by atoms with Crippen molar-refractivity contribution in [1.29, 1.82) is 0 Å². The van der Waals surface area contributed by atoms with Gasteiger partial charge in [0.2, 0.25) is 0 Å². The maximum atomic E-state index is 13.8. The average molecular weight is 399 g/mol. The zero-order chi connectivity index (χ0) is 19.4. The minimum atomic E-state index is -5.01. The van der Waals surface area contributed by atoms with Gasteiger partial charge in [-0.3, -0.25) is 0 Å². The Hall–Kier alpha value is -2.06. The maximum Gasteiger partial charge on any atom is 0.492 e. The van der Waals surface area contributed by atoms with E-state index in [1.54, 1.807) is 6.07 Å². The zero-order valence-electron chi connectivity index (χ0n) is 14.2. The molecule has 2 aromatic rings. The highest BCUT2D eigenvalue weighted by molar-refractivity contribution is 7.99. The van der Waals surface area contributed by atoms with Crippen LogP contribution in [0.3, 0.4) is 0 Å². The number of carbonyl (C=O) groups excluding carboxylic acids is 1. The van der Waals surface area contributed by atoms with Crippen molar-refractivity contribution < 1.29 is 27.2 Å². The molecule has 1 aliphatic rings. The Morgan fingerprint density at radius 2 is 1.74 bits per heavy atom. The summed E-state index contributed by atoms with van der Waals surface area (Å²) in [5.74, 6) is -2.59. The van der Waals surface area contributed by atoms with Crippen LogP contribution in [0.5, 0.6) is 0 Å². The smallest absolute Gasteiger partial charge is 0.361 e. The lowest BCUT2D eigenvalue weighted by atomic mass is 9.90. The molecule has 0 N–H and O–H groups in total. The highest BCUT2D eigenvalue weighted by Crippen LogP contribution is 2.38. The van der Waals surface area contributed by atoms with Crippen LogP contribution in [0.25, 0.3) is 0 Å². The molecule has 0 saturated carbocycles. The second-order valence-corrected chi connectivity index (χ2v) is 7.29. The molecule has 0 unspecified atom stereocenters. The fourth-order valence-electron chi connectivity index (χ4n) is 2.97. The number of rotatable bonds is 4. The second kappa shape index (κ2) is 8.31. The van der Waals surface area contributed by atoms with Crippen molar-refractivity contribution >= 4 is 17.7 Å². The molecule has 144 valence electrons. The van der Waals surface area contributed by atoms with E-state index < -0.39 is 12.1 Å². The molecule has 0 spiro atoms. The maximum absolute atomic E-state index is 13.8. The molecule has 0 amide bonds. The van der Waals surface area contributed by atoms with E-state index in [0.717, 1.165) is 20.4 Å². The summed E-state index contributed by atoms with van der Waals surface area (Å²) < 4.78 is 50.7. The van der Waals surface area contributed by atoms with Gasteiger partial charge in [-0.1, -0.05) is 30.0 Å². The van der Waals surface area contributed by atoms with Crippen LogP contribution in [0.2, 0.25) is 0 Å². The third-order valence-electron chi connectivity index (χ3n) is 4.28. The summed E-state index contributed by atoms with van der Waals surface area (Å²) in [4.78, 5) is 17.3. The molecule has 1 heterocycles. The van der Waals surface area contributed by atoms with Gasteiger partial charge in [0.15, 0.2) is 0 Å². The molecular formula is C19H17F4NO2S. The van der Waals surface area contributed by atoms with Crippen LogP contribution in [0.15, 0.2) is 58.3 Å². The number of hydroxylamine groups is 2. The SMILES string of the molecule is O=C(ON1CCC(c2cc(F)ccc2Sc2ccccc2)CC1)C(F)(F)F. The molecule has 8 heteroatoms. The monoisotopic (exact) mass is 399 g/mol. The normalized spacial score (nSPS) is 16.3. The summed E-state index contributed by atoms with van der Waals surface area (Å²) in [5.41, 5.74) is 0.825. The standard InChI is InChI=1S/C19H17F4NO2S/c20-14-6-7-17(27-15-4-2-1-3-5-15)16(12-14)13-8-10-24(11-9-13)26-18(25)19(21,22)23/h1-7,12-13H,8-11H2.